The summed E-state index contributed by atoms with van der Waals surface area (Å²) >= 11 is 0. The average Bonchev–Trinajstić information content (AvgIpc) is 1.94. The Morgan fingerprint density at radius 3 is 2.56 bits per heavy atom. The minimum Gasteiger partial charge on any atom is -0.394 e. The Bertz CT molecular complexity index is 64.1. The number of nitrogens with one attached hydrogen (secondary N) is 2. The van der Waals surface area contributed by atoms with E-state index in [-0.39, 0.29) is 0 Å². The molecule has 0 aromatic heterocycles. The molecule has 0 rings (SSSR count). The fourth-order valence-electron chi connectivity index (χ4n) is 0.262. The minimum absolute atomic E-state index is 0.681. The van der Waals surface area contributed by atoms with E-state index in [0.29, 0.717) is 6.61 Å². The van der Waals surface area contributed by atoms with Crippen molar-refractivity contribution in [1.82, 2.24) is 5.32 Å². The predicted octanol–water partition coefficient (Wildman–Crippen LogP) is 0.632. The minimum atomic E-state index is 0.681. The molecule has 0 aliphatic heterocycles. The second-order valence-electron chi connectivity index (χ2n) is 1.15. The first-order chi connectivity index (χ1) is 4.41. The first kappa shape index (κ1) is 11.0. The number of methoxy groups -OCH3 is 1. The standard InChI is InChI=1S/C5H11NO.CH3N/c1-6-4-3-5-7-2;1-2/h3-4,6H,5H2,1-2H3;2H,1H2/b4-3-;. The molecule has 0 aliphatic carbocycles. The molecule has 2 N–H and O–H groups in total. The van der Waals surface area contributed by atoms with E-state index >= 15 is 0 Å². The monoisotopic (exact) mass is 130 g/mol. The first-order valence-corrected chi connectivity index (χ1v) is 2.58. The van der Waals surface area contributed by atoms with E-state index in [2.05, 4.69) is 12.0 Å². The molecule has 0 fully saturated rings. The van der Waals surface area contributed by atoms with E-state index in [9.17, 15) is 0 Å². The van der Waals surface area contributed by atoms with Gasteiger partial charge in [-0.3, -0.25) is 0 Å². The molecule has 0 atom stereocenters. The third kappa shape index (κ3) is 19.1. The van der Waals surface area contributed by atoms with Crippen LogP contribution < -0.4 is 5.32 Å². The van der Waals surface area contributed by atoms with Gasteiger partial charge in [0.25, 0.3) is 0 Å². The summed E-state index contributed by atoms with van der Waals surface area (Å²) < 4.78 is 4.72. The Labute approximate surface area is 56.2 Å². The highest BCUT2D eigenvalue weighted by molar-refractivity contribution is 5.15. The molecule has 0 saturated carbocycles. The highest BCUT2D eigenvalue weighted by atomic mass is 16.5. The molecule has 54 valence electrons. The Morgan fingerprint density at radius 1 is 1.67 bits per heavy atom. The SMILES string of the molecule is C=N.CN/C=C\COC. The second kappa shape index (κ2) is 15.7. The predicted molar refractivity (Wildman–Crippen MR) is 39.9 cm³/mol. The summed E-state index contributed by atoms with van der Waals surface area (Å²) in [6.45, 7) is 3.18. The van der Waals surface area contributed by atoms with Gasteiger partial charge in [0.15, 0.2) is 0 Å². The molecule has 0 spiro atoms. The topological polar surface area (TPSA) is 45.1 Å². The molecule has 0 aromatic carbocycles. The van der Waals surface area contributed by atoms with E-state index < -0.39 is 0 Å². The largest absolute Gasteiger partial charge is 0.394 e. The van der Waals surface area contributed by atoms with Crippen LogP contribution in [0, 0.1) is 5.41 Å². The summed E-state index contributed by atoms with van der Waals surface area (Å²) in [5.74, 6) is 0. The number of hydrogen-bond donors (Lipinski definition) is 2. The molecule has 3 heteroatoms. The van der Waals surface area contributed by atoms with Crippen molar-refractivity contribution in [3.63, 3.8) is 0 Å². The molecule has 0 heterocycles. The van der Waals surface area contributed by atoms with Crippen LogP contribution in [0.4, 0.5) is 0 Å². The highest BCUT2D eigenvalue weighted by Crippen LogP contribution is 1.66. The van der Waals surface area contributed by atoms with E-state index in [1.54, 1.807) is 7.11 Å². The van der Waals surface area contributed by atoms with Gasteiger partial charge in [0.05, 0.1) is 6.61 Å². The van der Waals surface area contributed by atoms with Crippen molar-refractivity contribution < 1.29 is 4.74 Å². The van der Waals surface area contributed by atoms with Gasteiger partial charge in [0.1, 0.15) is 0 Å². The van der Waals surface area contributed by atoms with Crippen molar-refractivity contribution in [3.8, 4) is 0 Å². The molecule has 3 nitrogen and oxygen atoms in total. The van der Waals surface area contributed by atoms with Crippen LogP contribution in [0.5, 0.6) is 0 Å². The molecule has 0 amide bonds. The summed E-state index contributed by atoms with van der Waals surface area (Å²) in [5.41, 5.74) is 0. The maximum absolute atomic E-state index is 5.50. The summed E-state index contributed by atoms with van der Waals surface area (Å²) in [6.07, 6.45) is 3.74. The second-order valence-corrected chi connectivity index (χ2v) is 1.15. The third-order valence-corrected chi connectivity index (χ3v) is 0.547. The fraction of sp³-hybridized carbons (Fsp3) is 0.500. The van der Waals surface area contributed by atoms with Crippen LogP contribution in [-0.2, 0) is 4.74 Å². The molecule has 0 radical (unpaired) electrons. The van der Waals surface area contributed by atoms with Gasteiger partial charge in [-0.05, 0) is 19.0 Å². The normalized spacial score (nSPS) is 8.22. The Kier molecular flexibility index (Phi) is 19.2. The van der Waals surface area contributed by atoms with Crippen LogP contribution in [0.15, 0.2) is 12.3 Å². The number of hydrogen-bond acceptors (Lipinski definition) is 3. The van der Waals surface area contributed by atoms with Crippen molar-refractivity contribution in [3.05, 3.63) is 12.3 Å². The zero-order valence-corrected chi connectivity index (χ0v) is 5.98. The van der Waals surface area contributed by atoms with Crippen molar-refractivity contribution in [1.29, 1.82) is 5.41 Å². The lowest BCUT2D eigenvalue weighted by molar-refractivity contribution is 0.233. The third-order valence-electron chi connectivity index (χ3n) is 0.547. The van der Waals surface area contributed by atoms with Crippen molar-refractivity contribution >= 4 is 6.72 Å². The number of ether oxygens (including phenoxy) is 1. The van der Waals surface area contributed by atoms with E-state index in [1.165, 1.54) is 0 Å². The van der Waals surface area contributed by atoms with Crippen LogP contribution in [0.25, 0.3) is 0 Å². The molecule has 0 unspecified atom stereocenters. The lowest BCUT2D eigenvalue weighted by Gasteiger charge is -1.85. The van der Waals surface area contributed by atoms with E-state index in [0.717, 1.165) is 0 Å². The molecular formula is C6H14N2O. The van der Waals surface area contributed by atoms with E-state index in [4.69, 9.17) is 10.1 Å². The van der Waals surface area contributed by atoms with Crippen LogP contribution in [0.1, 0.15) is 0 Å². The molecule has 0 bridgehead atoms. The number of rotatable bonds is 3. The van der Waals surface area contributed by atoms with Gasteiger partial charge in [-0.15, -0.1) is 0 Å². The molecule has 9 heavy (non-hydrogen) atoms. The zero-order chi connectivity index (χ0) is 7.54. The van der Waals surface area contributed by atoms with Crippen molar-refractivity contribution in [2.75, 3.05) is 20.8 Å². The van der Waals surface area contributed by atoms with Gasteiger partial charge in [-0.2, -0.15) is 0 Å². The van der Waals surface area contributed by atoms with Crippen LogP contribution in [0.3, 0.4) is 0 Å². The first-order valence-electron chi connectivity index (χ1n) is 2.58. The van der Waals surface area contributed by atoms with Gasteiger partial charge >= 0.3 is 0 Å². The molecule has 0 aliphatic rings. The Hall–Kier alpha value is -0.830. The van der Waals surface area contributed by atoms with Crippen LogP contribution in [-0.4, -0.2) is 27.5 Å². The Morgan fingerprint density at radius 2 is 2.22 bits per heavy atom. The summed E-state index contributed by atoms with van der Waals surface area (Å²) in [7, 11) is 3.52. The van der Waals surface area contributed by atoms with Gasteiger partial charge < -0.3 is 15.5 Å². The summed E-state index contributed by atoms with van der Waals surface area (Å²) in [5, 5.41) is 8.34. The molecule has 0 saturated heterocycles. The Balaban J connectivity index is 0. The lowest BCUT2D eigenvalue weighted by Crippen LogP contribution is -1.92. The maximum atomic E-state index is 5.50. The summed E-state index contributed by atoms with van der Waals surface area (Å²) in [4.78, 5) is 0. The maximum Gasteiger partial charge on any atom is 0.0660 e. The van der Waals surface area contributed by atoms with Crippen LogP contribution >= 0.6 is 0 Å². The fourth-order valence-corrected chi connectivity index (χ4v) is 0.262. The highest BCUT2D eigenvalue weighted by Gasteiger charge is 1.65. The zero-order valence-electron chi connectivity index (χ0n) is 5.98. The van der Waals surface area contributed by atoms with Crippen molar-refractivity contribution in [2.45, 2.75) is 0 Å². The van der Waals surface area contributed by atoms with Gasteiger partial charge in [0.2, 0.25) is 0 Å². The lowest BCUT2D eigenvalue weighted by atomic mass is 10.6. The van der Waals surface area contributed by atoms with Gasteiger partial charge in [-0.25, -0.2) is 0 Å². The quantitative estimate of drug-likeness (QED) is 0.550. The smallest absolute Gasteiger partial charge is 0.0660 e. The van der Waals surface area contributed by atoms with Gasteiger partial charge in [0, 0.05) is 14.2 Å². The average molecular weight is 130 g/mol. The molecular weight excluding hydrogens is 116 g/mol. The van der Waals surface area contributed by atoms with Crippen molar-refractivity contribution in [2.24, 2.45) is 0 Å². The summed E-state index contributed by atoms with van der Waals surface area (Å²) in [6, 6.07) is 0. The van der Waals surface area contributed by atoms with Gasteiger partial charge in [-0.1, -0.05) is 0 Å². The van der Waals surface area contributed by atoms with E-state index in [1.807, 2.05) is 19.3 Å². The van der Waals surface area contributed by atoms with Crippen LogP contribution in [0.2, 0.25) is 0 Å². The molecule has 0 aromatic rings.